The molecule has 4 nitrogen and oxygen atoms in total. The molecule has 0 aliphatic rings. The van der Waals surface area contributed by atoms with Crippen molar-refractivity contribution in [3.8, 4) is 67.5 Å². The van der Waals surface area contributed by atoms with E-state index in [1.807, 2.05) is 32.9 Å². The molecule has 0 unspecified atom stereocenters. The first kappa shape index (κ1) is 21.8. The van der Waals surface area contributed by atoms with Crippen LogP contribution in [0.4, 0.5) is 0 Å². The molecule has 0 saturated heterocycles. The van der Waals surface area contributed by atoms with E-state index >= 15 is 0 Å². The molecule has 0 radical (unpaired) electrons. The van der Waals surface area contributed by atoms with E-state index in [0.29, 0.717) is 22.8 Å². The predicted molar refractivity (Wildman–Crippen MR) is 280 cm³/mol. The fraction of sp³-hybridized carbons (Fsp3) is 0.323. The van der Waals surface area contributed by atoms with Gasteiger partial charge in [-0.15, -0.1) is 29.3 Å². The van der Waals surface area contributed by atoms with Crippen molar-refractivity contribution in [1.29, 1.82) is 0 Å². The molecule has 6 aromatic carbocycles. The maximum atomic E-state index is 13.1. The fourth-order valence-electron chi connectivity index (χ4n) is 7.66. The third kappa shape index (κ3) is 10.0. The van der Waals surface area contributed by atoms with Gasteiger partial charge in [-0.2, -0.15) is 0 Å². The Balaban J connectivity index is 0.0000143. The SMILES string of the molecule is [2H]c1nc(-c2[c-]c(-c3cccc4c3nc(-c3cc(C(C([2H])([2H])[2H])(C([2H])([2H])[2H])C([2H])([2H])[2H])cc(C(C([2H])([2H])[2H])(C([2H])([2H])[2H])C([2H])([2H])[2H])c3O)n4-c3ccc(-c4ccccc4)cc3C(C)(C)C)cc(C(C)(C)C)c2)c([2H])c(-c2c([2H])c([2H])c(C(C([2H])([2H])[2H])(C([2H])([2H])[2H])C([2H])([2H])[2H])c([2H])c2[2H])c1[2H].[Pt]. The molecule has 2 aromatic heterocycles. The summed E-state index contributed by atoms with van der Waals surface area (Å²) in [7, 11) is 0. The number of imidazole rings is 1. The smallest absolute Gasteiger partial charge is 0.148 e. The molecule has 0 atom stereocenters. The molecule has 0 fully saturated rings. The molecule has 67 heavy (non-hydrogen) atoms. The van der Waals surface area contributed by atoms with Crippen LogP contribution in [-0.4, -0.2) is 19.6 Å². The molecular weight excluding hydrogens is 998 g/mol. The standard InChI is InChI=1S/C62H68N3O.Pt/c1-58(2,3)45-27-24-40(25-28-45)42-30-31-63-52(36-42)44-32-43(33-46(34-44)59(4,5)6)48-22-19-23-54-55(48)64-57(49-37-47(60(7,8)9)38-51(56(49)66)62(13,14)15)65(54)53-29-26-41(35-50(53)61(10,11)12)39-20-17-16-18-21-39;/h16-31,33-38,66H,1-15H3;/q-1;/i1D3,2D3,3D3,7D3,8D3,9D3,13D3,14D3,15D3,24D,25D,27D,28D,30D,31D,36D;. The molecule has 0 saturated carbocycles. The van der Waals surface area contributed by atoms with Crippen LogP contribution in [0.25, 0.3) is 72.7 Å². The van der Waals surface area contributed by atoms with Crippen LogP contribution in [0.15, 0.2) is 133 Å². The number of fused-ring (bicyclic) bond motifs is 1. The zero-order chi connectivity index (χ0) is 76.3. The number of hydrogen-bond donors (Lipinski definition) is 1. The number of nitrogens with zero attached hydrogens (tertiary/aromatic N) is 3. The largest absolute Gasteiger partial charge is 0.507 e. The van der Waals surface area contributed by atoms with Gasteiger partial charge >= 0.3 is 0 Å². The van der Waals surface area contributed by atoms with Crippen molar-refractivity contribution in [3.63, 3.8) is 0 Å². The molecule has 8 aromatic rings. The summed E-state index contributed by atoms with van der Waals surface area (Å²) in [6, 6.07) is 18.1. The van der Waals surface area contributed by atoms with Crippen molar-refractivity contribution in [1.82, 2.24) is 14.5 Å². The van der Waals surface area contributed by atoms with Crippen LogP contribution >= 0.6 is 0 Å². The Labute approximate surface area is 463 Å². The van der Waals surface area contributed by atoms with E-state index in [9.17, 15) is 9.22 Å². The maximum absolute atomic E-state index is 13.1. The van der Waals surface area contributed by atoms with E-state index in [2.05, 4.69) is 11.1 Å². The third-order valence-corrected chi connectivity index (χ3v) is 11.1. The number of phenolic OH excluding ortho intramolecular Hbond substituents is 1. The first-order valence-electron chi connectivity index (χ1n) is 37.7. The van der Waals surface area contributed by atoms with Gasteiger partial charge in [-0.25, -0.2) is 4.98 Å². The minimum absolute atomic E-state index is 0. The average Bonchev–Trinajstić information content (AvgIpc) is 0.862. The van der Waals surface area contributed by atoms with Crippen LogP contribution in [0.3, 0.4) is 0 Å². The summed E-state index contributed by atoms with van der Waals surface area (Å²) in [5, 5.41) is 13.1. The normalized spacial score (nSPS) is 21.8. The van der Waals surface area contributed by atoms with Crippen LogP contribution in [0.5, 0.6) is 5.75 Å². The molecule has 0 spiro atoms. The Kier molecular flexibility index (Phi) is 5.80. The first-order chi connectivity index (χ1) is 45.0. The Hall–Kier alpha value is -5.57. The van der Waals surface area contributed by atoms with Gasteiger partial charge in [0.05, 0.1) is 31.9 Å². The van der Waals surface area contributed by atoms with Gasteiger partial charge in [0.25, 0.3) is 0 Å². The monoisotopic (exact) mass is 1100 g/mol. The molecule has 0 bridgehead atoms. The quantitative estimate of drug-likeness (QED) is 0.169. The summed E-state index contributed by atoms with van der Waals surface area (Å²) in [5.74, 6) is -2.16. The van der Waals surface area contributed by atoms with E-state index in [1.165, 1.54) is 28.8 Å². The van der Waals surface area contributed by atoms with Gasteiger partial charge in [0.2, 0.25) is 0 Å². The molecule has 2 heterocycles. The minimum atomic E-state index is -4.30. The third-order valence-electron chi connectivity index (χ3n) is 11.1. The molecule has 348 valence electrons. The molecule has 0 aliphatic heterocycles. The van der Waals surface area contributed by atoms with Crippen molar-refractivity contribution < 1.29 is 72.8 Å². The Morgan fingerprint density at radius 3 is 1.87 bits per heavy atom. The molecule has 8 rings (SSSR count). The van der Waals surface area contributed by atoms with Crippen molar-refractivity contribution in [2.45, 2.75) is 130 Å². The van der Waals surface area contributed by atoms with Gasteiger partial charge in [0.1, 0.15) is 11.6 Å². The summed E-state index contributed by atoms with van der Waals surface area (Å²) in [6.07, 6.45) is -0.960. The van der Waals surface area contributed by atoms with Crippen molar-refractivity contribution in [3.05, 3.63) is 167 Å². The second-order valence-electron chi connectivity index (χ2n) is 18.4. The number of phenols is 1. The van der Waals surface area contributed by atoms with Crippen molar-refractivity contribution >= 4 is 11.0 Å². The minimum Gasteiger partial charge on any atom is -0.507 e. The summed E-state index contributed by atoms with van der Waals surface area (Å²) in [5.41, 5.74) is -20.1. The molecule has 5 heteroatoms. The number of aromatic hydroxyl groups is 1. The second-order valence-corrected chi connectivity index (χ2v) is 18.4. The van der Waals surface area contributed by atoms with Crippen LogP contribution in [0, 0.1) is 6.07 Å². The van der Waals surface area contributed by atoms with E-state index in [4.69, 9.17) is 47.5 Å². The summed E-state index contributed by atoms with van der Waals surface area (Å²) in [6.45, 7) is -26.9. The summed E-state index contributed by atoms with van der Waals surface area (Å²) in [4.78, 5) is 9.33. The number of rotatable bonds is 6. The van der Waals surface area contributed by atoms with Gasteiger partial charge in [-0.1, -0.05) is 199 Å². The number of hydrogen-bond acceptors (Lipinski definition) is 3. The fourth-order valence-corrected chi connectivity index (χ4v) is 7.66. The Bertz CT molecular complexity index is 4390. The van der Waals surface area contributed by atoms with Crippen LogP contribution in [-0.2, 0) is 48.1 Å². The van der Waals surface area contributed by atoms with E-state index in [0.717, 1.165) is 5.56 Å². The van der Waals surface area contributed by atoms with Crippen molar-refractivity contribution in [2.75, 3.05) is 0 Å². The number of para-hydroxylation sites is 1. The van der Waals surface area contributed by atoms with Gasteiger partial charge < -0.3 is 5.11 Å². The summed E-state index contributed by atoms with van der Waals surface area (Å²) < 4.78 is 299. The number of pyridine rings is 1. The van der Waals surface area contributed by atoms with Crippen LogP contribution < -0.4 is 0 Å². The molecule has 1 N–H and O–H groups in total. The maximum Gasteiger partial charge on any atom is 0.148 e. The summed E-state index contributed by atoms with van der Waals surface area (Å²) >= 11 is 0. The number of benzene rings is 6. The van der Waals surface area contributed by atoms with E-state index in [1.54, 1.807) is 63.2 Å². The van der Waals surface area contributed by atoms with Gasteiger partial charge in [-0.3, -0.25) is 9.55 Å². The molecular formula is C62H68N3OPt-. The first-order valence-corrected chi connectivity index (χ1v) is 20.7. The van der Waals surface area contributed by atoms with Crippen LogP contribution in [0.2, 0.25) is 0 Å². The average molecular weight is 1100 g/mol. The van der Waals surface area contributed by atoms with Gasteiger partial charge in [0, 0.05) is 75.5 Å². The Morgan fingerprint density at radius 1 is 0.552 bits per heavy atom. The van der Waals surface area contributed by atoms with Crippen LogP contribution in [0.1, 0.15) is 178 Å². The topological polar surface area (TPSA) is 50.9 Å². The Morgan fingerprint density at radius 2 is 1.21 bits per heavy atom. The predicted octanol–water partition coefficient (Wildman–Crippen LogP) is 16.7. The number of aromatic nitrogens is 3. The van der Waals surface area contributed by atoms with E-state index in [-0.39, 0.29) is 60.5 Å². The van der Waals surface area contributed by atoms with Gasteiger partial charge in [-0.05, 0) is 96.3 Å². The molecule has 0 aliphatic carbocycles. The molecule has 0 amide bonds. The second kappa shape index (κ2) is 17.8. The zero-order valence-corrected chi connectivity index (χ0v) is 39.5. The van der Waals surface area contributed by atoms with E-state index < -0.39 is 182 Å². The van der Waals surface area contributed by atoms with Gasteiger partial charge in [0.15, 0.2) is 0 Å². The van der Waals surface area contributed by atoms with Crippen molar-refractivity contribution in [2.24, 2.45) is 0 Å². The zero-order valence-electron chi connectivity index (χ0n) is 71.3.